The molecule has 0 fully saturated rings. The first-order valence-corrected chi connectivity index (χ1v) is 8.55. The topological polar surface area (TPSA) is 83.5 Å². The van der Waals surface area contributed by atoms with Crippen LogP contribution in [-0.4, -0.2) is 40.8 Å². The molecule has 1 rings (SSSR count). The molecule has 0 saturated heterocycles. The molecule has 0 aromatic heterocycles. The Labute approximate surface area is 134 Å². The summed E-state index contributed by atoms with van der Waals surface area (Å²) in [5.74, 6) is -1.06. The minimum absolute atomic E-state index is 0.107. The number of carboxylic acids is 1. The molecule has 0 bridgehead atoms. The summed E-state index contributed by atoms with van der Waals surface area (Å²) in [6.07, 6.45) is 3.27. The molecule has 6 heteroatoms. The van der Waals surface area contributed by atoms with Gasteiger partial charge in [-0.15, -0.1) is 0 Å². The molecule has 1 aromatic rings. The molecule has 0 aliphatic rings. The predicted molar refractivity (Wildman–Crippen MR) is 87.6 cm³/mol. The van der Waals surface area contributed by atoms with E-state index in [0.717, 1.165) is 0 Å². The van der Waals surface area contributed by atoms with Crippen LogP contribution in [0.4, 0.5) is 0 Å². The minimum Gasteiger partial charge on any atom is -0.480 e. The number of rotatable bonds is 9. The Balaban J connectivity index is 2.92. The van der Waals surface area contributed by atoms with Gasteiger partial charge in [0.25, 0.3) is 5.91 Å². The van der Waals surface area contributed by atoms with Crippen LogP contribution in [0.15, 0.2) is 24.3 Å². The van der Waals surface area contributed by atoms with Crippen LogP contribution in [-0.2, 0) is 4.79 Å². The van der Waals surface area contributed by atoms with Gasteiger partial charge in [0, 0.05) is 12.0 Å². The molecular formula is C16H21NO4S. The zero-order valence-corrected chi connectivity index (χ0v) is 13.6. The molecule has 120 valence electrons. The second-order valence-corrected chi connectivity index (χ2v) is 5.85. The third-order valence-corrected chi connectivity index (χ3v) is 3.81. The van der Waals surface area contributed by atoms with Crippen LogP contribution in [0.25, 0.3) is 0 Å². The van der Waals surface area contributed by atoms with Crippen LogP contribution in [0.1, 0.15) is 46.9 Å². The maximum Gasteiger partial charge on any atom is 0.326 e. The Morgan fingerprint density at radius 3 is 2.41 bits per heavy atom. The number of carboxylic acid groups (broad SMARTS) is 1. The Morgan fingerprint density at radius 2 is 1.86 bits per heavy atom. The predicted octanol–water partition coefficient (Wildman–Crippen LogP) is 2.61. The number of hydrogen-bond acceptors (Lipinski definition) is 4. The number of aliphatic carboxylic acids is 1. The molecule has 5 nitrogen and oxygen atoms in total. The number of benzene rings is 1. The molecule has 0 aliphatic carbocycles. The van der Waals surface area contributed by atoms with Gasteiger partial charge in [0.05, 0.1) is 5.56 Å². The molecule has 0 saturated carbocycles. The molecule has 1 unspecified atom stereocenters. The Morgan fingerprint density at radius 1 is 1.23 bits per heavy atom. The zero-order valence-electron chi connectivity index (χ0n) is 12.8. The van der Waals surface area contributed by atoms with E-state index in [9.17, 15) is 14.4 Å². The fourth-order valence-electron chi connectivity index (χ4n) is 2.02. The molecule has 22 heavy (non-hydrogen) atoms. The van der Waals surface area contributed by atoms with Crippen molar-refractivity contribution in [3.63, 3.8) is 0 Å². The summed E-state index contributed by atoms with van der Waals surface area (Å²) in [4.78, 5) is 35.6. The van der Waals surface area contributed by atoms with E-state index in [-0.39, 0.29) is 11.3 Å². The Kier molecular flexibility index (Phi) is 7.66. The highest BCUT2D eigenvalue weighted by atomic mass is 32.2. The van der Waals surface area contributed by atoms with E-state index >= 15 is 0 Å². The lowest BCUT2D eigenvalue weighted by atomic mass is 10.00. The van der Waals surface area contributed by atoms with Crippen molar-refractivity contribution in [1.29, 1.82) is 0 Å². The highest BCUT2D eigenvalue weighted by Gasteiger charge is 2.22. The van der Waals surface area contributed by atoms with E-state index in [1.54, 1.807) is 24.3 Å². The van der Waals surface area contributed by atoms with Gasteiger partial charge < -0.3 is 10.4 Å². The van der Waals surface area contributed by atoms with E-state index in [1.165, 1.54) is 11.8 Å². The second-order valence-electron chi connectivity index (χ2n) is 4.86. The molecule has 1 aromatic carbocycles. The van der Waals surface area contributed by atoms with Gasteiger partial charge in [-0.25, -0.2) is 4.79 Å². The highest BCUT2D eigenvalue weighted by molar-refractivity contribution is 7.98. The van der Waals surface area contributed by atoms with Gasteiger partial charge >= 0.3 is 5.97 Å². The first kappa shape index (κ1) is 18.2. The zero-order chi connectivity index (χ0) is 16.5. The summed E-state index contributed by atoms with van der Waals surface area (Å²) < 4.78 is 0. The molecule has 1 atom stereocenters. The fourth-order valence-corrected chi connectivity index (χ4v) is 2.49. The van der Waals surface area contributed by atoms with Crippen LogP contribution >= 0.6 is 11.8 Å². The second kappa shape index (κ2) is 9.25. The number of carbonyl (C=O) groups excluding carboxylic acids is 2. The van der Waals surface area contributed by atoms with Crippen molar-refractivity contribution in [2.45, 2.75) is 32.2 Å². The summed E-state index contributed by atoms with van der Waals surface area (Å²) in [5, 5.41) is 11.7. The van der Waals surface area contributed by atoms with E-state index in [4.69, 9.17) is 5.11 Å². The average Bonchev–Trinajstić information content (AvgIpc) is 2.51. The van der Waals surface area contributed by atoms with Gasteiger partial charge in [0.2, 0.25) is 0 Å². The largest absolute Gasteiger partial charge is 0.480 e. The first-order valence-electron chi connectivity index (χ1n) is 7.16. The van der Waals surface area contributed by atoms with E-state index in [2.05, 4.69) is 5.32 Å². The maximum atomic E-state index is 12.3. The number of ketones is 1. The van der Waals surface area contributed by atoms with Crippen LogP contribution < -0.4 is 5.32 Å². The van der Waals surface area contributed by atoms with Gasteiger partial charge in [-0.05, 0) is 30.9 Å². The molecule has 0 radical (unpaired) electrons. The van der Waals surface area contributed by atoms with Gasteiger partial charge in [-0.2, -0.15) is 11.8 Å². The number of amides is 1. The molecular weight excluding hydrogens is 302 g/mol. The van der Waals surface area contributed by atoms with Crippen molar-refractivity contribution >= 4 is 29.4 Å². The number of hydrogen-bond donors (Lipinski definition) is 2. The maximum absolute atomic E-state index is 12.3. The summed E-state index contributed by atoms with van der Waals surface area (Å²) in [5.41, 5.74) is 0.576. The summed E-state index contributed by atoms with van der Waals surface area (Å²) >= 11 is 1.52. The average molecular weight is 323 g/mol. The lowest BCUT2D eigenvalue weighted by molar-refractivity contribution is -0.139. The summed E-state index contributed by atoms with van der Waals surface area (Å²) in [6, 6.07) is 5.56. The fraction of sp³-hybridized carbons (Fsp3) is 0.438. The summed E-state index contributed by atoms with van der Waals surface area (Å²) in [6.45, 7) is 1.89. The van der Waals surface area contributed by atoms with Gasteiger partial charge in [0.15, 0.2) is 5.78 Å². The molecule has 1 amide bonds. The normalized spacial score (nSPS) is 11.7. The summed E-state index contributed by atoms with van der Waals surface area (Å²) in [7, 11) is 0. The van der Waals surface area contributed by atoms with Crippen molar-refractivity contribution in [2.75, 3.05) is 12.0 Å². The van der Waals surface area contributed by atoms with Crippen molar-refractivity contribution in [3.05, 3.63) is 35.4 Å². The number of carbonyl (C=O) groups is 3. The van der Waals surface area contributed by atoms with Crippen molar-refractivity contribution in [2.24, 2.45) is 0 Å². The van der Waals surface area contributed by atoms with E-state index in [0.29, 0.717) is 30.6 Å². The molecule has 0 aliphatic heterocycles. The molecule has 2 N–H and O–H groups in total. The number of nitrogens with one attached hydrogen (secondary N) is 1. The molecule has 0 spiro atoms. The van der Waals surface area contributed by atoms with E-state index in [1.807, 2.05) is 13.2 Å². The number of thioether (sulfide) groups is 1. The van der Waals surface area contributed by atoms with E-state index < -0.39 is 17.9 Å². The third kappa shape index (κ3) is 5.18. The van der Waals surface area contributed by atoms with Gasteiger partial charge in [-0.3, -0.25) is 9.59 Å². The highest BCUT2D eigenvalue weighted by Crippen LogP contribution is 2.13. The van der Waals surface area contributed by atoms with Crippen LogP contribution in [0, 0.1) is 0 Å². The van der Waals surface area contributed by atoms with Gasteiger partial charge in [0.1, 0.15) is 6.04 Å². The standard InChI is InChI=1S/C16H21NO4S/c1-3-6-14(18)11-7-4-5-8-12(11)15(19)17-13(16(20)21)9-10-22-2/h4-5,7-8,13H,3,6,9-10H2,1-2H3,(H,17,19)(H,20,21). The lowest BCUT2D eigenvalue weighted by Crippen LogP contribution is -2.41. The van der Waals surface area contributed by atoms with Crippen molar-refractivity contribution < 1.29 is 19.5 Å². The van der Waals surface area contributed by atoms with Gasteiger partial charge in [-0.1, -0.05) is 25.1 Å². The number of Topliss-reactive ketones (excluding diaryl/α,β-unsaturated/α-hetero) is 1. The van der Waals surface area contributed by atoms with Crippen molar-refractivity contribution in [3.8, 4) is 0 Å². The monoisotopic (exact) mass is 323 g/mol. The Bertz CT molecular complexity index is 545. The lowest BCUT2D eigenvalue weighted by Gasteiger charge is -2.15. The SMILES string of the molecule is CCCC(=O)c1ccccc1C(=O)NC(CCSC)C(=O)O. The minimum atomic E-state index is -1.07. The van der Waals surface area contributed by atoms with Crippen molar-refractivity contribution in [1.82, 2.24) is 5.32 Å². The molecule has 0 heterocycles. The van der Waals surface area contributed by atoms with Crippen LogP contribution in [0.3, 0.4) is 0 Å². The quantitative estimate of drug-likeness (QED) is 0.683. The Hall–Kier alpha value is -1.82. The van der Waals surface area contributed by atoms with Crippen LogP contribution in [0.2, 0.25) is 0 Å². The smallest absolute Gasteiger partial charge is 0.326 e. The third-order valence-electron chi connectivity index (χ3n) is 3.16. The van der Waals surface area contributed by atoms with Crippen LogP contribution in [0.5, 0.6) is 0 Å². The first-order chi connectivity index (χ1) is 10.5.